The summed E-state index contributed by atoms with van der Waals surface area (Å²) < 4.78 is 1.86. The summed E-state index contributed by atoms with van der Waals surface area (Å²) in [5.74, 6) is 0. The molecular formula is C12H19BrClN3S. The Morgan fingerprint density at radius 2 is 2.22 bits per heavy atom. The maximum atomic E-state index is 6.05. The Morgan fingerprint density at radius 1 is 1.50 bits per heavy atom. The molecule has 1 N–H and O–H groups in total. The third-order valence-corrected chi connectivity index (χ3v) is 5.59. The molecule has 1 fully saturated rings. The Morgan fingerprint density at radius 3 is 2.83 bits per heavy atom. The van der Waals surface area contributed by atoms with E-state index >= 15 is 0 Å². The first-order valence-electron chi connectivity index (χ1n) is 6.20. The number of hydrogen-bond donors (Lipinski definition) is 1. The van der Waals surface area contributed by atoms with E-state index in [2.05, 4.69) is 44.2 Å². The van der Waals surface area contributed by atoms with Gasteiger partial charge in [-0.2, -0.15) is 0 Å². The third kappa shape index (κ3) is 4.47. The van der Waals surface area contributed by atoms with Crippen LogP contribution in [0, 0.1) is 0 Å². The van der Waals surface area contributed by atoms with Gasteiger partial charge in [0.2, 0.25) is 0 Å². The van der Waals surface area contributed by atoms with Gasteiger partial charge in [0.25, 0.3) is 0 Å². The zero-order chi connectivity index (χ0) is 13.0. The zero-order valence-corrected chi connectivity index (χ0v) is 13.7. The topological polar surface area (TPSA) is 18.5 Å². The molecule has 102 valence electrons. The normalized spacial score (nSPS) is 17.6. The van der Waals surface area contributed by atoms with E-state index in [0.717, 1.165) is 41.5 Å². The number of likely N-dealkylation sites (N-methyl/N-ethyl adjacent to an activating group) is 1. The largest absolute Gasteiger partial charge is 0.314 e. The molecule has 1 saturated heterocycles. The lowest BCUT2D eigenvalue weighted by molar-refractivity contribution is 0.203. The molecule has 0 aromatic carbocycles. The summed E-state index contributed by atoms with van der Waals surface area (Å²) in [4.78, 5) is 6.19. The highest BCUT2D eigenvalue weighted by molar-refractivity contribution is 9.10. The minimum Gasteiger partial charge on any atom is -0.314 e. The van der Waals surface area contributed by atoms with Crippen molar-refractivity contribution >= 4 is 38.9 Å². The van der Waals surface area contributed by atoms with Crippen molar-refractivity contribution in [3.8, 4) is 0 Å². The van der Waals surface area contributed by atoms with Gasteiger partial charge in [0.05, 0.1) is 0 Å². The van der Waals surface area contributed by atoms with E-state index in [-0.39, 0.29) is 0 Å². The monoisotopic (exact) mass is 351 g/mol. The highest BCUT2D eigenvalue weighted by Gasteiger charge is 2.11. The predicted molar refractivity (Wildman–Crippen MR) is 82.7 cm³/mol. The molecule has 18 heavy (non-hydrogen) atoms. The van der Waals surface area contributed by atoms with E-state index in [1.54, 1.807) is 11.3 Å². The van der Waals surface area contributed by atoms with Crippen molar-refractivity contribution in [2.75, 3.05) is 46.3 Å². The summed E-state index contributed by atoms with van der Waals surface area (Å²) in [5, 5.41) is 3.38. The Hall–Kier alpha value is 0.350. The lowest BCUT2D eigenvalue weighted by atomic mass is 10.3. The number of rotatable bonds is 5. The molecule has 0 radical (unpaired) electrons. The summed E-state index contributed by atoms with van der Waals surface area (Å²) >= 11 is 11.2. The fourth-order valence-electron chi connectivity index (χ4n) is 2.06. The van der Waals surface area contributed by atoms with Crippen LogP contribution in [0.1, 0.15) is 4.88 Å². The lowest BCUT2D eigenvalue weighted by Crippen LogP contribution is -2.45. The smallest absolute Gasteiger partial charge is 0.107 e. The molecule has 0 saturated carbocycles. The SMILES string of the molecule is CN(CCN1CCNCC1)Cc1cc(Br)c(Cl)s1. The van der Waals surface area contributed by atoms with Gasteiger partial charge in [0, 0.05) is 55.2 Å². The number of nitrogens with one attached hydrogen (secondary N) is 1. The van der Waals surface area contributed by atoms with Crippen molar-refractivity contribution in [1.82, 2.24) is 15.1 Å². The second kappa shape index (κ2) is 7.22. The second-order valence-corrected chi connectivity index (χ2v) is 7.26. The molecule has 0 bridgehead atoms. The first-order valence-corrected chi connectivity index (χ1v) is 8.19. The number of halogens is 2. The molecule has 3 nitrogen and oxygen atoms in total. The first kappa shape index (κ1) is 14.8. The van der Waals surface area contributed by atoms with E-state index in [0.29, 0.717) is 0 Å². The molecule has 0 aliphatic carbocycles. The Kier molecular flexibility index (Phi) is 5.92. The third-order valence-electron chi connectivity index (χ3n) is 3.13. The first-order chi connectivity index (χ1) is 8.65. The maximum Gasteiger partial charge on any atom is 0.107 e. The van der Waals surface area contributed by atoms with Crippen LogP contribution in [0.4, 0.5) is 0 Å². The van der Waals surface area contributed by atoms with Crippen molar-refractivity contribution in [2.24, 2.45) is 0 Å². The van der Waals surface area contributed by atoms with Gasteiger partial charge in [0.15, 0.2) is 0 Å². The van der Waals surface area contributed by atoms with E-state index in [4.69, 9.17) is 11.6 Å². The molecule has 1 aromatic heterocycles. The summed E-state index contributed by atoms with van der Waals surface area (Å²) in [6.07, 6.45) is 0. The molecule has 6 heteroatoms. The second-order valence-electron chi connectivity index (χ2n) is 4.66. The van der Waals surface area contributed by atoms with Gasteiger partial charge in [-0.25, -0.2) is 0 Å². The van der Waals surface area contributed by atoms with Crippen molar-refractivity contribution in [3.63, 3.8) is 0 Å². The average Bonchev–Trinajstić information content (AvgIpc) is 2.67. The molecule has 1 aromatic rings. The van der Waals surface area contributed by atoms with Crippen LogP contribution in [0.25, 0.3) is 0 Å². The molecule has 2 rings (SSSR count). The number of thiophene rings is 1. The Labute approximate surface area is 126 Å². The van der Waals surface area contributed by atoms with E-state index in [9.17, 15) is 0 Å². The van der Waals surface area contributed by atoms with Crippen LogP contribution in [0.2, 0.25) is 4.34 Å². The van der Waals surface area contributed by atoms with Crippen molar-refractivity contribution in [2.45, 2.75) is 6.54 Å². The van der Waals surface area contributed by atoms with Crippen molar-refractivity contribution in [3.05, 3.63) is 19.8 Å². The van der Waals surface area contributed by atoms with Gasteiger partial charge in [0.1, 0.15) is 4.34 Å². The van der Waals surface area contributed by atoms with Crippen LogP contribution >= 0.6 is 38.9 Å². The summed E-state index contributed by atoms with van der Waals surface area (Å²) in [6.45, 7) is 7.82. The van der Waals surface area contributed by atoms with E-state index < -0.39 is 0 Å². The van der Waals surface area contributed by atoms with E-state index in [1.165, 1.54) is 18.0 Å². The van der Waals surface area contributed by atoms with Crippen LogP contribution in [0.5, 0.6) is 0 Å². The number of nitrogens with zero attached hydrogens (tertiary/aromatic N) is 2. The lowest BCUT2D eigenvalue weighted by Gasteiger charge is -2.28. The van der Waals surface area contributed by atoms with Crippen LogP contribution in [0.15, 0.2) is 10.5 Å². The van der Waals surface area contributed by atoms with Crippen LogP contribution in [-0.4, -0.2) is 56.1 Å². The summed E-state index contributed by atoms with van der Waals surface area (Å²) in [7, 11) is 2.17. The molecular weight excluding hydrogens is 334 g/mol. The van der Waals surface area contributed by atoms with Gasteiger partial charge in [-0.3, -0.25) is 4.90 Å². The number of piperazine rings is 1. The molecule has 0 atom stereocenters. The molecule has 0 unspecified atom stereocenters. The van der Waals surface area contributed by atoms with Crippen LogP contribution < -0.4 is 5.32 Å². The fraction of sp³-hybridized carbons (Fsp3) is 0.667. The highest BCUT2D eigenvalue weighted by atomic mass is 79.9. The highest BCUT2D eigenvalue weighted by Crippen LogP contribution is 2.32. The number of hydrogen-bond acceptors (Lipinski definition) is 4. The average molecular weight is 353 g/mol. The van der Waals surface area contributed by atoms with Gasteiger partial charge in [-0.05, 0) is 29.0 Å². The van der Waals surface area contributed by atoms with Gasteiger partial charge in [-0.1, -0.05) is 11.6 Å². The van der Waals surface area contributed by atoms with Crippen molar-refractivity contribution < 1.29 is 0 Å². The molecule has 0 amide bonds. The standard InChI is InChI=1S/C12H19BrClN3S/c1-16(6-7-17-4-2-15-3-5-17)9-10-8-11(13)12(14)18-10/h8,15H,2-7,9H2,1H3. The zero-order valence-electron chi connectivity index (χ0n) is 10.6. The summed E-state index contributed by atoms with van der Waals surface area (Å²) in [6, 6.07) is 2.12. The Balaban J connectivity index is 1.72. The van der Waals surface area contributed by atoms with E-state index in [1.807, 2.05) is 0 Å². The van der Waals surface area contributed by atoms with Crippen LogP contribution in [0.3, 0.4) is 0 Å². The minimum atomic E-state index is 0.848. The van der Waals surface area contributed by atoms with Crippen molar-refractivity contribution in [1.29, 1.82) is 0 Å². The summed E-state index contributed by atoms with van der Waals surface area (Å²) in [5.41, 5.74) is 0. The Bertz CT molecular complexity index is 360. The molecule has 0 spiro atoms. The van der Waals surface area contributed by atoms with Crippen LogP contribution in [-0.2, 0) is 6.54 Å². The predicted octanol–water partition coefficient (Wildman–Crippen LogP) is 2.50. The van der Waals surface area contributed by atoms with Gasteiger partial charge < -0.3 is 10.2 Å². The fourth-order valence-corrected chi connectivity index (χ4v) is 3.93. The molecule has 1 aliphatic heterocycles. The van der Waals surface area contributed by atoms with Gasteiger partial charge in [-0.15, -0.1) is 11.3 Å². The van der Waals surface area contributed by atoms with Gasteiger partial charge >= 0.3 is 0 Å². The quantitative estimate of drug-likeness (QED) is 0.878. The molecule has 1 aliphatic rings. The molecule has 2 heterocycles. The minimum absolute atomic E-state index is 0.848. The maximum absolute atomic E-state index is 6.05.